The van der Waals surface area contributed by atoms with Gasteiger partial charge in [-0.15, -0.1) is 5.10 Å². The number of sulfonamides is 1. The monoisotopic (exact) mass is 461 g/mol. The molecule has 0 atom stereocenters. The molecule has 0 unspecified atom stereocenters. The first-order valence-corrected chi connectivity index (χ1v) is 11.5. The molecule has 168 valence electrons. The molecule has 1 fully saturated rings. The standard InChI is InChI=1S/C21H21F2N5O3S/c1-14-24-20(25-28(14)18-6-2-15(22)3-7-18)21(29)27-12-10-17(11-13-27)26-32(30,31)19-8-4-16(23)5-9-19/h2-9,17,26H,10-13H2,1H3. The topological polar surface area (TPSA) is 97.2 Å². The van der Waals surface area contributed by atoms with Crippen LogP contribution >= 0.6 is 0 Å². The third kappa shape index (κ3) is 4.68. The summed E-state index contributed by atoms with van der Waals surface area (Å²) >= 11 is 0. The van der Waals surface area contributed by atoms with Gasteiger partial charge in [-0.05, 0) is 68.3 Å². The average molecular weight is 461 g/mol. The molecule has 2 aromatic carbocycles. The fraction of sp³-hybridized carbons (Fsp3) is 0.286. The molecule has 0 spiro atoms. The Hall–Kier alpha value is -3.18. The van der Waals surface area contributed by atoms with Crippen LogP contribution in [0.5, 0.6) is 0 Å². The van der Waals surface area contributed by atoms with Gasteiger partial charge in [0.1, 0.15) is 17.5 Å². The minimum absolute atomic E-state index is 0.0107. The number of amides is 1. The van der Waals surface area contributed by atoms with Gasteiger partial charge in [0.2, 0.25) is 15.8 Å². The molecule has 1 aliphatic heterocycles. The number of carbonyl (C=O) groups is 1. The van der Waals surface area contributed by atoms with E-state index < -0.39 is 15.8 Å². The Morgan fingerprint density at radius 3 is 2.16 bits per heavy atom. The minimum atomic E-state index is -3.78. The van der Waals surface area contributed by atoms with E-state index in [0.29, 0.717) is 37.4 Å². The first-order chi connectivity index (χ1) is 15.2. The quantitative estimate of drug-likeness (QED) is 0.630. The lowest BCUT2D eigenvalue weighted by molar-refractivity contribution is 0.0699. The first-order valence-electron chi connectivity index (χ1n) is 10.00. The summed E-state index contributed by atoms with van der Waals surface area (Å²) in [6, 6.07) is 9.95. The van der Waals surface area contributed by atoms with E-state index >= 15 is 0 Å². The number of nitrogens with zero attached hydrogens (tertiary/aromatic N) is 4. The van der Waals surface area contributed by atoms with E-state index in [1.165, 1.54) is 28.9 Å². The second-order valence-corrected chi connectivity index (χ2v) is 9.23. The predicted octanol–water partition coefficient (Wildman–Crippen LogP) is 2.44. The zero-order chi connectivity index (χ0) is 22.9. The summed E-state index contributed by atoms with van der Waals surface area (Å²) in [6.07, 6.45) is 0.841. The summed E-state index contributed by atoms with van der Waals surface area (Å²) in [5.74, 6) is -0.727. The Morgan fingerprint density at radius 2 is 1.56 bits per heavy atom. The van der Waals surface area contributed by atoms with Gasteiger partial charge in [-0.1, -0.05) is 0 Å². The Balaban J connectivity index is 1.39. The molecule has 1 N–H and O–H groups in total. The van der Waals surface area contributed by atoms with Gasteiger partial charge in [0.15, 0.2) is 0 Å². The molecule has 4 rings (SSSR count). The van der Waals surface area contributed by atoms with Crippen molar-refractivity contribution in [2.75, 3.05) is 13.1 Å². The average Bonchev–Trinajstić information content (AvgIpc) is 3.16. The molecule has 11 heteroatoms. The molecule has 32 heavy (non-hydrogen) atoms. The summed E-state index contributed by atoms with van der Waals surface area (Å²) in [7, 11) is -3.78. The SMILES string of the molecule is Cc1nc(C(=O)N2CCC(NS(=O)(=O)c3ccc(F)cc3)CC2)nn1-c1ccc(F)cc1. The van der Waals surface area contributed by atoms with E-state index in [9.17, 15) is 22.0 Å². The summed E-state index contributed by atoms with van der Waals surface area (Å²) in [5, 5.41) is 4.26. The Labute approximate surface area is 183 Å². The molecular weight excluding hydrogens is 440 g/mol. The van der Waals surface area contributed by atoms with Crippen LogP contribution in [-0.4, -0.2) is 53.1 Å². The lowest BCUT2D eigenvalue weighted by atomic mass is 10.1. The van der Waals surface area contributed by atoms with E-state index in [0.717, 1.165) is 12.1 Å². The summed E-state index contributed by atoms with van der Waals surface area (Å²) < 4.78 is 55.3. The number of likely N-dealkylation sites (tertiary alicyclic amines) is 1. The highest BCUT2D eigenvalue weighted by atomic mass is 32.2. The van der Waals surface area contributed by atoms with Crippen LogP contribution in [0.2, 0.25) is 0 Å². The summed E-state index contributed by atoms with van der Waals surface area (Å²) in [5.41, 5.74) is 0.587. The molecular formula is C21H21F2N5O3S. The van der Waals surface area contributed by atoms with Crippen molar-refractivity contribution in [1.82, 2.24) is 24.4 Å². The number of benzene rings is 2. The van der Waals surface area contributed by atoms with Gasteiger partial charge in [0.25, 0.3) is 5.91 Å². The fourth-order valence-corrected chi connectivity index (χ4v) is 4.86. The number of hydrogen-bond acceptors (Lipinski definition) is 5. The van der Waals surface area contributed by atoms with Crippen LogP contribution in [0.4, 0.5) is 8.78 Å². The zero-order valence-electron chi connectivity index (χ0n) is 17.2. The summed E-state index contributed by atoms with van der Waals surface area (Å²) in [6.45, 7) is 2.36. The van der Waals surface area contributed by atoms with Gasteiger partial charge in [-0.3, -0.25) is 4.79 Å². The first kappa shape index (κ1) is 22.0. The van der Waals surface area contributed by atoms with Crippen molar-refractivity contribution in [1.29, 1.82) is 0 Å². The molecule has 0 saturated carbocycles. The molecule has 1 saturated heterocycles. The van der Waals surface area contributed by atoms with E-state index in [4.69, 9.17) is 0 Å². The van der Waals surface area contributed by atoms with E-state index in [2.05, 4.69) is 14.8 Å². The molecule has 0 bridgehead atoms. The van der Waals surface area contributed by atoms with Crippen molar-refractivity contribution >= 4 is 15.9 Å². The van der Waals surface area contributed by atoms with Gasteiger partial charge in [0, 0.05) is 19.1 Å². The Morgan fingerprint density at radius 1 is 1.00 bits per heavy atom. The molecule has 1 aliphatic rings. The highest BCUT2D eigenvalue weighted by Gasteiger charge is 2.29. The number of hydrogen-bond donors (Lipinski definition) is 1. The largest absolute Gasteiger partial charge is 0.336 e. The van der Waals surface area contributed by atoms with Crippen LogP contribution < -0.4 is 4.72 Å². The predicted molar refractivity (Wildman–Crippen MR) is 112 cm³/mol. The highest BCUT2D eigenvalue weighted by Crippen LogP contribution is 2.18. The molecule has 1 aromatic heterocycles. The third-order valence-corrected chi connectivity index (χ3v) is 6.80. The lowest BCUT2D eigenvalue weighted by Crippen LogP contribution is -2.46. The zero-order valence-corrected chi connectivity index (χ0v) is 18.0. The number of aryl methyl sites for hydroxylation is 1. The molecule has 2 heterocycles. The second kappa shape index (κ2) is 8.75. The Bertz CT molecular complexity index is 1220. The van der Waals surface area contributed by atoms with Crippen LogP contribution in [-0.2, 0) is 10.0 Å². The molecule has 0 radical (unpaired) electrons. The van der Waals surface area contributed by atoms with Crippen LogP contribution in [0.3, 0.4) is 0 Å². The van der Waals surface area contributed by atoms with E-state index in [1.807, 2.05) is 0 Å². The number of halogens is 2. The maximum absolute atomic E-state index is 13.2. The van der Waals surface area contributed by atoms with Crippen LogP contribution in [0.1, 0.15) is 29.3 Å². The fourth-order valence-electron chi connectivity index (χ4n) is 3.55. The molecule has 8 nitrogen and oxygen atoms in total. The van der Waals surface area contributed by atoms with E-state index in [-0.39, 0.29) is 28.5 Å². The van der Waals surface area contributed by atoms with Crippen molar-refractivity contribution in [3.8, 4) is 5.69 Å². The maximum atomic E-state index is 13.2. The smallest absolute Gasteiger partial charge is 0.293 e. The molecule has 3 aromatic rings. The molecule has 1 amide bonds. The van der Waals surface area contributed by atoms with Crippen LogP contribution in [0.15, 0.2) is 53.4 Å². The number of nitrogens with one attached hydrogen (secondary N) is 1. The third-order valence-electron chi connectivity index (χ3n) is 5.26. The van der Waals surface area contributed by atoms with Gasteiger partial charge >= 0.3 is 0 Å². The lowest BCUT2D eigenvalue weighted by Gasteiger charge is -2.31. The number of aromatic nitrogens is 3. The van der Waals surface area contributed by atoms with Gasteiger partial charge in [-0.2, -0.15) is 0 Å². The van der Waals surface area contributed by atoms with Gasteiger partial charge in [-0.25, -0.2) is 31.6 Å². The molecule has 0 aliphatic carbocycles. The van der Waals surface area contributed by atoms with Crippen molar-refractivity contribution in [2.45, 2.75) is 30.7 Å². The van der Waals surface area contributed by atoms with Crippen molar-refractivity contribution in [3.63, 3.8) is 0 Å². The van der Waals surface area contributed by atoms with E-state index in [1.54, 1.807) is 24.0 Å². The number of rotatable bonds is 5. The van der Waals surface area contributed by atoms with Crippen LogP contribution in [0.25, 0.3) is 5.69 Å². The van der Waals surface area contributed by atoms with Crippen molar-refractivity contribution in [3.05, 3.63) is 71.8 Å². The van der Waals surface area contributed by atoms with Gasteiger partial charge < -0.3 is 4.90 Å². The second-order valence-electron chi connectivity index (χ2n) is 7.51. The van der Waals surface area contributed by atoms with Gasteiger partial charge in [0.05, 0.1) is 10.6 Å². The number of carbonyl (C=O) groups excluding carboxylic acids is 1. The number of piperidine rings is 1. The maximum Gasteiger partial charge on any atom is 0.293 e. The van der Waals surface area contributed by atoms with Crippen LogP contribution in [0, 0.1) is 18.6 Å². The Kier molecular flexibility index (Phi) is 6.02. The van der Waals surface area contributed by atoms with Crippen molar-refractivity contribution < 1.29 is 22.0 Å². The minimum Gasteiger partial charge on any atom is -0.336 e. The highest BCUT2D eigenvalue weighted by molar-refractivity contribution is 7.89. The normalized spacial score (nSPS) is 15.2. The summed E-state index contributed by atoms with van der Waals surface area (Å²) in [4.78, 5) is 18.6. The van der Waals surface area contributed by atoms with Crippen molar-refractivity contribution in [2.24, 2.45) is 0 Å².